The van der Waals surface area contributed by atoms with Gasteiger partial charge in [0.15, 0.2) is 5.96 Å². The van der Waals surface area contributed by atoms with Crippen LogP contribution in [0.3, 0.4) is 0 Å². The summed E-state index contributed by atoms with van der Waals surface area (Å²) in [6.07, 6.45) is 6.44. The van der Waals surface area contributed by atoms with Gasteiger partial charge in [-0.05, 0) is 38.3 Å². The van der Waals surface area contributed by atoms with E-state index in [2.05, 4.69) is 28.6 Å². The highest BCUT2D eigenvalue weighted by molar-refractivity contribution is 7.16. The first-order chi connectivity index (χ1) is 12.7. The van der Waals surface area contributed by atoms with Crippen molar-refractivity contribution in [2.24, 2.45) is 10.9 Å². The van der Waals surface area contributed by atoms with Crippen LogP contribution in [0.4, 0.5) is 0 Å². The second-order valence-electron chi connectivity index (χ2n) is 7.11. The first-order valence-electron chi connectivity index (χ1n) is 9.73. The zero-order valence-corrected chi connectivity index (χ0v) is 17.0. The molecule has 2 N–H and O–H groups in total. The number of halogens is 1. The van der Waals surface area contributed by atoms with E-state index in [0.717, 1.165) is 62.2 Å². The maximum atomic E-state index is 12.6. The summed E-state index contributed by atoms with van der Waals surface area (Å²) in [7, 11) is 0. The first-order valence-corrected chi connectivity index (χ1v) is 10.9. The first kappa shape index (κ1) is 19.5. The normalized spacial score (nSPS) is 21.4. The van der Waals surface area contributed by atoms with E-state index in [4.69, 9.17) is 11.6 Å². The molecule has 1 amide bonds. The minimum Gasteiger partial charge on any atom is -0.357 e. The fraction of sp³-hybridized carbons (Fsp3) is 0.684. The van der Waals surface area contributed by atoms with Gasteiger partial charge in [0.05, 0.1) is 4.34 Å². The highest BCUT2D eigenvalue weighted by Gasteiger charge is 2.32. The maximum Gasteiger partial charge on any atom is 0.225 e. The van der Waals surface area contributed by atoms with Crippen LogP contribution in [-0.4, -0.2) is 49.0 Å². The number of likely N-dealkylation sites (tertiary alicyclic amines) is 1. The Morgan fingerprint density at radius 2 is 2.15 bits per heavy atom. The molecule has 0 aromatic carbocycles. The highest BCUT2D eigenvalue weighted by atomic mass is 35.5. The summed E-state index contributed by atoms with van der Waals surface area (Å²) in [6, 6.07) is 4.28. The number of carbonyl (C=O) groups is 1. The number of rotatable bonds is 6. The molecule has 2 heterocycles. The zero-order valence-electron chi connectivity index (χ0n) is 15.5. The van der Waals surface area contributed by atoms with Gasteiger partial charge in [-0.3, -0.25) is 9.79 Å². The van der Waals surface area contributed by atoms with Crippen LogP contribution in [0.25, 0.3) is 0 Å². The Balaban J connectivity index is 1.48. The van der Waals surface area contributed by atoms with Crippen LogP contribution in [0.15, 0.2) is 17.1 Å². The summed E-state index contributed by atoms with van der Waals surface area (Å²) in [5, 5.41) is 6.82. The van der Waals surface area contributed by atoms with Gasteiger partial charge in [-0.2, -0.15) is 0 Å². The molecule has 5 nitrogen and oxygen atoms in total. The van der Waals surface area contributed by atoms with Crippen molar-refractivity contribution in [1.29, 1.82) is 0 Å². The Morgan fingerprint density at radius 3 is 2.85 bits per heavy atom. The molecular formula is C19H29ClN4OS. The second-order valence-corrected chi connectivity index (χ2v) is 8.91. The molecule has 2 fully saturated rings. The average Bonchev–Trinajstić information content (AvgIpc) is 3.36. The molecule has 3 rings (SSSR count). The standard InChI is InChI=1S/C19H29ClN4OS/c1-2-21-19(22-11-9-16-7-8-17(20)26-16)23-15-10-12-24(13-15)18(25)14-5-3-4-6-14/h7-8,14-15H,2-6,9-13H2,1H3,(H2,21,22,23). The van der Waals surface area contributed by atoms with Gasteiger partial charge in [-0.15, -0.1) is 11.3 Å². The number of nitrogens with zero attached hydrogens (tertiary/aromatic N) is 2. The van der Waals surface area contributed by atoms with E-state index in [1.807, 2.05) is 11.0 Å². The smallest absolute Gasteiger partial charge is 0.225 e. The third-order valence-electron chi connectivity index (χ3n) is 5.15. The van der Waals surface area contributed by atoms with Crippen molar-refractivity contribution in [1.82, 2.24) is 15.5 Å². The third-order valence-corrected chi connectivity index (χ3v) is 6.44. The molecule has 2 aliphatic rings. The summed E-state index contributed by atoms with van der Waals surface area (Å²) in [5.74, 6) is 1.48. The maximum absolute atomic E-state index is 12.6. The van der Waals surface area contributed by atoms with E-state index >= 15 is 0 Å². The zero-order chi connectivity index (χ0) is 18.4. The number of nitrogens with one attached hydrogen (secondary N) is 2. The van der Waals surface area contributed by atoms with E-state index in [9.17, 15) is 4.79 Å². The van der Waals surface area contributed by atoms with Gasteiger partial charge in [0.2, 0.25) is 5.91 Å². The van der Waals surface area contributed by atoms with Crippen LogP contribution < -0.4 is 10.6 Å². The van der Waals surface area contributed by atoms with E-state index in [-0.39, 0.29) is 12.0 Å². The molecule has 0 bridgehead atoms. The van der Waals surface area contributed by atoms with E-state index in [1.165, 1.54) is 17.7 Å². The van der Waals surface area contributed by atoms with Crippen molar-refractivity contribution < 1.29 is 4.79 Å². The van der Waals surface area contributed by atoms with Crippen LogP contribution in [0.5, 0.6) is 0 Å². The Kier molecular flexibility index (Phi) is 7.20. The number of hydrogen-bond donors (Lipinski definition) is 2. The molecular weight excluding hydrogens is 368 g/mol. The molecule has 1 aromatic heterocycles. The van der Waals surface area contributed by atoms with E-state index in [0.29, 0.717) is 5.91 Å². The molecule has 1 aliphatic carbocycles. The lowest BCUT2D eigenvalue weighted by Crippen LogP contribution is -2.45. The molecule has 144 valence electrons. The van der Waals surface area contributed by atoms with Crippen molar-refractivity contribution in [2.75, 3.05) is 26.2 Å². The minimum absolute atomic E-state index is 0.272. The largest absolute Gasteiger partial charge is 0.357 e. The van der Waals surface area contributed by atoms with Crippen molar-refractivity contribution >= 4 is 34.8 Å². The van der Waals surface area contributed by atoms with Crippen molar-refractivity contribution in [2.45, 2.75) is 51.5 Å². The van der Waals surface area contributed by atoms with Crippen LogP contribution >= 0.6 is 22.9 Å². The average molecular weight is 397 g/mol. The van der Waals surface area contributed by atoms with Gasteiger partial charge in [-0.25, -0.2) is 0 Å². The molecule has 1 aromatic rings. The molecule has 0 spiro atoms. The summed E-state index contributed by atoms with van der Waals surface area (Å²) in [6.45, 7) is 5.28. The molecule has 1 atom stereocenters. The van der Waals surface area contributed by atoms with Gasteiger partial charge < -0.3 is 15.5 Å². The number of aliphatic imine (C=N–C) groups is 1. The summed E-state index contributed by atoms with van der Waals surface area (Å²) >= 11 is 7.59. The van der Waals surface area contributed by atoms with Crippen LogP contribution in [-0.2, 0) is 11.2 Å². The molecule has 1 saturated heterocycles. The Labute approximate surface area is 165 Å². The van der Waals surface area contributed by atoms with E-state index < -0.39 is 0 Å². The Morgan fingerprint density at radius 1 is 1.35 bits per heavy atom. The number of thiophene rings is 1. The molecule has 1 unspecified atom stereocenters. The fourth-order valence-corrected chi connectivity index (χ4v) is 4.86. The number of hydrogen-bond acceptors (Lipinski definition) is 3. The predicted molar refractivity (Wildman–Crippen MR) is 109 cm³/mol. The minimum atomic E-state index is 0.272. The van der Waals surface area contributed by atoms with Crippen molar-refractivity contribution in [3.8, 4) is 0 Å². The predicted octanol–water partition coefficient (Wildman–Crippen LogP) is 3.29. The van der Waals surface area contributed by atoms with Crippen LogP contribution in [0.1, 0.15) is 43.9 Å². The fourth-order valence-electron chi connectivity index (χ4n) is 3.79. The quantitative estimate of drug-likeness (QED) is 0.573. The van der Waals surface area contributed by atoms with Gasteiger partial charge in [0, 0.05) is 49.4 Å². The molecule has 1 aliphatic heterocycles. The summed E-state index contributed by atoms with van der Waals surface area (Å²) in [4.78, 5) is 20.6. The van der Waals surface area contributed by atoms with E-state index in [1.54, 1.807) is 11.3 Å². The molecule has 1 saturated carbocycles. The Bertz CT molecular complexity index is 627. The lowest BCUT2D eigenvalue weighted by atomic mass is 10.1. The monoisotopic (exact) mass is 396 g/mol. The molecule has 26 heavy (non-hydrogen) atoms. The van der Waals surface area contributed by atoms with Gasteiger partial charge in [0.1, 0.15) is 0 Å². The number of guanidine groups is 1. The highest BCUT2D eigenvalue weighted by Crippen LogP contribution is 2.27. The Hall–Kier alpha value is -1.27. The second kappa shape index (κ2) is 9.60. The van der Waals surface area contributed by atoms with Gasteiger partial charge in [-0.1, -0.05) is 24.4 Å². The summed E-state index contributed by atoms with van der Waals surface area (Å²) in [5.41, 5.74) is 0. The van der Waals surface area contributed by atoms with Crippen LogP contribution in [0.2, 0.25) is 4.34 Å². The molecule has 7 heteroatoms. The van der Waals surface area contributed by atoms with Crippen molar-refractivity contribution in [3.63, 3.8) is 0 Å². The van der Waals surface area contributed by atoms with Gasteiger partial charge >= 0.3 is 0 Å². The number of carbonyl (C=O) groups excluding carboxylic acids is 1. The van der Waals surface area contributed by atoms with Crippen molar-refractivity contribution in [3.05, 3.63) is 21.3 Å². The summed E-state index contributed by atoms with van der Waals surface area (Å²) < 4.78 is 0.826. The lowest BCUT2D eigenvalue weighted by Gasteiger charge is -2.21. The SMILES string of the molecule is CCNC(=NCCc1ccc(Cl)s1)NC1CCN(C(=O)C2CCCC2)C1. The van der Waals surface area contributed by atoms with Gasteiger partial charge in [0.25, 0.3) is 0 Å². The number of amides is 1. The lowest BCUT2D eigenvalue weighted by molar-refractivity contribution is -0.134. The topological polar surface area (TPSA) is 56.7 Å². The van der Waals surface area contributed by atoms with Crippen LogP contribution in [0, 0.1) is 5.92 Å². The molecule has 0 radical (unpaired) electrons. The third kappa shape index (κ3) is 5.36.